The Hall–Kier alpha value is -5.66. The quantitative estimate of drug-likeness (QED) is 0.0417. The third-order valence-corrected chi connectivity index (χ3v) is 8.92. The number of H-pyrrole nitrogens is 1. The molecular formula is C43H43N3O4. The molecule has 6 aromatic rings. The molecule has 5 aromatic carbocycles. The van der Waals surface area contributed by atoms with Crippen molar-refractivity contribution in [2.45, 2.75) is 44.2 Å². The van der Waals surface area contributed by atoms with Crippen LogP contribution in [0.2, 0.25) is 0 Å². The molecule has 0 radical (unpaired) electrons. The van der Waals surface area contributed by atoms with E-state index in [1.54, 1.807) is 0 Å². The number of nitrogens with one attached hydrogen (secondary N) is 3. The van der Waals surface area contributed by atoms with Crippen LogP contribution in [0.3, 0.4) is 0 Å². The molecule has 0 fully saturated rings. The molecule has 1 amide bonds. The Bertz CT molecular complexity index is 1850. The van der Waals surface area contributed by atoms with E-state index >= 15 is 0 Å². The molecule has 0 saturated heterocycles. The molecule has 0 aliphatic rings. The molecule has 0 atom stereocenters. The van der Waals surface area contributed by atoms with Gasteiger partial charge in [0, 0.05) is 36.6 Å². The molecule has 6 rings (SSSR count). The lowest BCUT2D eigenvalue weighted by Gasteiger charge is -2.37. The number of ether oxygens (including phenoxy) is 2. The zero-order valence-corrected chi connectivity index (χ0v) is 28.1. The number of rotatable bonds is 16. The monoisotopic (exact) mass is 665 g/mol. The van der Waals surface area contributed by atoms with Gasteiger partial charge in [0.2, 0.25) is 0 Å². The van der Waals surface area contributed by atoms with Crippen LogP contribution >= 0.6 is 0 Å². The minimum atomic E-state index is -0.543. The van der Waals surface area contributed by atoms with Gasteiger partial charge in [0.1, 0.15) is 12.4 Å². The van der Waals surface area contributed by atoms with Gasteiger partial charge in [-0.1, -0.05) is 128 Å². The summed E-state index contributed by atoms with van der Waals surface area (Å²) >= 11 is 0. The predicted octanol–water partition coefficient (Wildman–Crippen LogP) is 8.68. The van der Waals surface area contributed by atoms with E-state index < -0.39 is 11.6 Å². The minimum absolute atomic E-state index is 0.239. The fraction of sp³-hybridized carbons (Fsp3) is 0.209. The molecule has 1 heterocycles. The van der Waals surface area contributed by atoms with E-state index in [0.29, 0.717) is 31.7 Å². The summed E-state index contributed by atoms with van der Waals surface area (Å²) < 4.78 is 11.0. The largest absolute Gasteiger partial charge is 0.445 e. The van der Waals surface area contributed by atoms with Crippen molar-refractivity contribution in [2.75, 3.05) is 13.1 Å². The first-order valence-electron chi connectivity index (χ1n) is 17.3. The van der Waals surface area contributed by atoms with Gasteiger partial charge in [0.25, 0.3) is 0 Å². The molecule has 50 heavy (non-hydrogen) atoms. The first-order chi connectivity index (χ1) is 24.6. The highest BCUT2D eigenvalue weighted by atomic mass is 16.5. The van der Waals surface area contributed by atoms with E-state index in [4.69, 9.17) is 9.47 Å². The number of alkyl carbamates (subject to hydrolysis) is 1. The molecule has 0 aliphatic carbocycles. The lowest BCUT2D eigenvalue weighted by atomic mass is 9.77. The van der Waals surface area contributed by atoms with E-state index in [-0.39, 0.29) is 12.6 Å². The molecule has 0 bridgehead atoms. The van der Waals surface area contributed by atoms with Gasteiger partial charge in [-0.05, 0) is 65.3 Å². The summed E-state index contributed by atoms with van der Waals surface area (Å²) in [6, 6.07) is 47.1. The van der Waals surface area contributed by atoms with Crippen LogP contribution in [0, 0.1) is 0 Å². The van der Waals surface area contributed by atoms with Crippen molar-refractivity contribution in [1.82, 2.24) is 15.6 Å². The second kappa shape index (κ2) is 17.1. The van der Waals surface area contributed by atoms with Gasteiger partial charge in [-0.3, -0.25) is 10.1 Å². The molecule has 0 unspecified atom stereocenters. The van der Waals surface area contributed by atoms with Gasteiger partial charge in [-0.2, -0.15) is 0 Å². The third-order valence-electron chi connectivity index (χ3n) is 8.92. The summed E-state index contributed by atoms with van der Waals surface area (Å²) in [4.78, 5) is 28.0. The highest BCUT2D eigenvalue weighted by Gasteiger charge is 2.35. The number of hydrogen-bond donors (Lipinski definition) is 3. The lowest BCUT2D eigenvalue weighted by molar-refractivity contribution is -0.134. The number of amides is 1. The zero-order chi connectivity index (χ0) is 34.4. The second-order valence-corrected chi connectivity index (χ2v) is 12.3. The van der Waals surface area contributed by atoms with Crippen molar-refractivity contribution >= 4 is 23.0 Å². The van der Waals surface area contributed by atoms with E-state index in [0.717, 1.165) is 41.3 Å². The van der Waals surface area contributed by atoms with Gasteiger partial charge >= 0.3 is 12.1 Å². The maximum atomic E-state index is 12.7. The maximum Gasteiger partial charge on any atom is 0.407 e. The first kappa shape index (κ1) is 34.2. The number of benzene rings is 5. The Balaban J connectivity index is 1.03. The number of aromatic nitrogens is 1. The van der Waals surface area contributed by atoms with Crippen LogP contribution in [0.25, 0.3) is 10.9 Å². The predicted molar refractivity (Wildman–Crippen MR) is 198 cm³/mol. The highest BCUT2D eigenvalue weighted by molar-refractivity contribution is 5.85. The van der Waals surface area contributed by atoms with Crippen molar-refractivity contribution in [3.8, 4) is 5.75 Å². The lowest BCUT2D eigenvalue weighted by Crippen LogP contribution is -2.45. The molecular weight excluding hydrogens is 622 g/mol. The summed E-state index contributed by atoms with van der Waals surface area (Å²) in [6.45, 7) is 1.44. The maximum absolute atomic E-state index is 12.7. The Labute approximate surface area is 293 Å². The van der Waals surface area contributed by atoms with Crippen LogP contribution in [0.4, 0.5) is 4.79 Å². The third kappa shape index (κ3) is 8.67. The number of fused-ring (bicyclic) bond motifs is 1. The van der Waals surface area contributed by atoms with Crippen molar-refractivity contribution in [3.05, 3.63) is 174 Å². The number of esters is 1. The number of hydrogen-bond acceptors (Lipinski definition) is 5. The molecule has 3 N–H and O–H groups in total. The number of carbonyl (C=O) groups is 2. The summed E-state index contributed by atoms with van der Waals surface area (Å²) in [5, 5.41) is 7.76. The topological polar surface area (TPSA) is 92.5 Å². The van der Waals surface area contributed by atoms with Crippen LogP contribution in [-0.4, -0.2) is 30.1 Å². The fourth-order valence-electron chi connectivity index (χ4n) is 6.40. The van der Waals surface area contributed by atoms with Crippen LogP contribution < -0.4 is 15.4 Å². The standard InChI is InChI=1S/C43H43N3O4/c47-41(24-14-5-15-28-44-42(48)49-32-33-16-6-1-7-17-33)50-38-25-26-40-39(30-38)34(31-45-40)27-29-46-43(35-18-8-2-9-19-35,36-20-10-3-11-21-36)37-22-12-4-13-23-37/h1-4,6-13,16-23,25-26,30-31,45-46H,5,14-15,24,27-29,32H2,(H,44,48). The summed E-state index contributed by atoms with van der Waals surface area (Å²) in [6.07, 6.45) is 4.89. The van der Waals surface area contributed by atoms with Crippen molar-refractivity contribution in [1.29, 1.82) is 0 Å². The van der Waals surface area contributed by atoms with Crippen molar-refractivity contribution in [3.63, 3.8) is 0 Å². The van der Waals surface area contributed by atoms with E-state index in [1.165, 1.54) is 16.7 Å². The van der Waals surface area contributed by atoms with Gasteiger partial charge in [-0.15, -0.1) is 0 Å². The van der Waals surface area contributed by atoms with Gasteiger partial charge < -0.3 is 19.8 Å². The normalized spacial score (nSPS) is 11.3. The summed E-state index contributed by atoms with van der Waals surface area (Å²) in [7, 11) is 0. The van der Waals surface area contributed by atoms with Gasteiger partial charge in [0.15, 0.2) is 0 Å². The van der Waals surface area contributed by atoms with Crippen LogP contribution in [0.1, 0.15) is 53.5 Å². The molecule has 1 aromatic heterocycles. The Kier molecular flexibility index (Phi) is 11.7. The smallest absolute Gasteiger partial charge is 0.407 e. The number of carbonyl (C=O) groups excluding carboxylic acids is 2. The fourth-order valence-corrected chi connectivity index (χ4v) is 6.40. The van der Waals surface area contributed by atoms with Crippen molar-refractivity contribution < 1.29 is 19.1 Å². The van der Waals surface area contributed by atoms with E-state index in [1.807, 2.05) is 72.9 Å². The van der Waals surface area contributed by atoms with Gasteiger partial charge in [0.05, 0.1) is 5.54 Å². The summed E-state index contributed by atoms with van der Waals surface area (Å²) in [5.41, 5.74) is 6.04. The average molecular weight is 666 g/mol. The highest BCUT2D eigenvalue weighted by Crippen LogP contribution is 2.37. The molecule has 7 nitrogen and oxygen atoms in total. The molecule has 0 aliphatic heterocycles. The second-order valence-electron chi connectivity index (χ2n) is 12.3. The van der Waals surface area contributed by atoms with Gasteiger partial charge in [-0.25, -0.2) is 4.79 Å². The zero-order valence-electron chi connectivity index (χ0n) is 28.1. The number of unbranched alkanes of at least 4 members (excludes halogenated alkanes) is 2. The van der Waals surface area contributed by atoms with Crippen LogP contribution in [-0.2, 0) is 28.1 Å². The van der Waals surface area contributed by atoms with Crippen LogP contribution in [0.5, 0.6) is 5.75 Å². The number of aromatic amines is 1. The molecule has 0 saturated carbocycles. The van der Waals surface area contributed by atoms with E-state index in [2.05, 4.69) is 88.4 Å². The molecule has 254 valence electrons. The minimum Gasteiger partial charge on any atom is -0.445 e. The SMILES string of the molecule is O=C(CCCCCNC(=O)OCc1ccccc1)Oc1ccc2[nH]cc(CCNC(c3ccccc3)(c3ccccc3)c3ccccc3)c2c1. The Morgan fingerprint density at radius 1 is 0.660 bits per heavy atom. The van der Waals surface area contributed by atoms with Crippen LogP contribution in [0.15, 0.2) is 146 Å². The Morgan fingerprint density at radius 3 is 1.88 bits per heavy atom. The molecule has 0 spiro atoms. The van der Waals surface area contributed by atoms with E-state index in [9.17, 15) is 9.59 Å². The average Bonchev–Trinajstić information content (AvgIpc) is 3.57. The first-order valence-corrected chi connectivity index (χ1v) is 17.3. The Morgan fingerprint density at radius 2 is 1.26 bits per heavy atom. The molecule has 7 heteroatoms. The summed E-state index contributed by atoms with van der Waals surface area (Å²) in [5.74, 6) is 0.267. The van der Waals surface area contributed by atoms with Crippen molar-refractivity contribution in [2.24, 2.45) is 0 Å².